The van der Waals surface area contributed by atoms with Crippen molar-refractivity contribution in [3.63, 3.8) is 0 Å². The predicted molar refractivity (Wildman–Crippen MR) is 140 cm³/mol. The van der Waals surface area contributed by atoms with Gasteiger partial charge in [-0.1, -0.05) is 65.1 Å². The van der Waals surface area contributed by atoms with Crippen LogP contribution in [0.5, 0.6) is 0 Å². The average molecular weight is 473 g/mol. The van der Waals surface area contributed by atoms with Gasteiger partial charge >= 0.3 is 0 Å². The number of allylic oxidation sites excluding steroid dienone is 3. The van der Waals surface area contributed by atoms with Crippen molar-refractivity contribution in [3.8, 4) is 6.07 Å². The van der Waals surface area contributed by atoms with E-state index in [0.29, 0.717) is 23.5 Å². The molecular weight excluding hydrogens is 436 g/mol. The van der Waals surface area contributed by atoms with Crippen molar-refractivity contribution in [1.29, 1.82) is 5.26 Å². The molecule has 1 aromatic heterocycles. The van der Waals surface area contributed by atoms with Gasteiger partial charge in [0.2, 0.25) is 0 Å². The summed E-state index contributed by atoms with van der Waals surface area (Å²) in [5.74, 6) is 1.20. The van der Waals surface area contributed by atoms with E-state index in [4.69, 9.17) is 4.55 Å². The van der Waals surface area contributed by atoms with E-state index in [1.165, 1.54) is 0 Å². The molecule has 180 valence electrons. The molecule has 2 rings (SSSR count). The maximum absolute atomic E-state index is 9.51. The number of rotatable bonds is 6. The number of aromatic nitrogens is 1. The van der Waals surface area contributed by atoms with Crippen molar-refractivity contribution < 1.29 is 13.0 Å². The van der Waals surface area contributed by atoms with E-state index >= 15 is 0 Å². The highest BCUT2D eigenvalue weighted by atomic mass is 32.2. The minimum Gasteiger partial charge on any atom is -0.340 e. The Morgan fingerprint density at radius 3 is 2.00 bits per heavy atom. The van der Waals surface area contributed by atoms with Crippen molar-refractivity contribution in [3.05, 3.63) is 84.1 Å². The van der Waals surface area contributed by atoms with Crippen molar-refractivity contribution in [2.24, 2.45) is 0 Å². The molecule has 3 N–H and O–H groups in total. The van der Waals surface area contributed by atoms with Crippen LogP contribution in [0.4, 0.5) is 17.3 Å². The number of benzene rings is 1. The fourth-order valence-electron chi connectivity index (χ4n) is 2.23. The van der Waals surface area contributed by atoms with Crippen LogP contribution in [0.3, 0.4) is 0 Å². The van der Waals surface area contributed by atoms with Crippen molar-refractivity contribution in [2.75, 3.05) is 16.9 Å². The summed E-state index contributed by atoms with van der Waals surface area (Å²) in [5, 5.41) is 16.0. The van der Waals surface area contributed by atoms with Crippen LogP contribution < -0.4 is 10.6 Å². The second-order valence-corrected chi connectivity index (χ2v) is 7.42. The van der Waals surface area contributed by atoms with E-state index in [2.05, 4.69) is 34.8 Å². The first-order valence-electron chi connectivity index (χ1n) is 10.5. The third-order valence-corrected chi connectivity index (χ3v) is 3.68. The predicted octanol–water partition coefficient (Wildman–Crippen LogP) is 6.54. The molecule has 1 aromatic carbocycles. The van der Waals surface area contributed by atoms with Crippen molar-refractivity contribution in [2.45, 2.75) is 41.5 Å². The molecule has 0 amide bonds. The highest BCUT2D eigenvalue weighted by Gasteiger charge is 2.15. The minimum absolute atomic E-state index is 0.524. The topological polar surface area (TPSA) is 115 Å². The monoisotopic (exact) mass is 472 g/mol. The smallest absolute Gasteiger partial charge is 0.261 e. The number of hydrogen-bond donors (Lipinski definition) is 3. The summed E-state index contributed by atoms with van der Waals surface area (Å²) in [4.78, 5) is 4.60. The molecule has 0 aliphatic carbocycles. The highest BCUT2D eigenvalue weighted by Crippen LogP contribution is 2.28. The van der Waals surface area contributed by atoms with Gasteiger partial charge in [-0.3, -0.25) is 4.55 Å². The molecule has 0 fully saturated rings. The zero-order chi connectivity index (χ0) is 26.0. The van der Waals surface area contributed by atoms with Gasteiger partial charge in [0.15, 0.2) is 5.82 Å². The molecule has 0 spiro atoms. The van der Waals surface area contributed by atoms with Gasteiger partial charge < -0.3 is 10.6 Å². The van der Waals surface area contributed by atoms with Gasteiger partial charge in [0.1, 0.15) is 11.9 Å². The molecule has 2 aromatic rings. The number of nitrogens with one attached hydrogen (secondary N) is 2. The van der Waals surface area contributed by atoms with Crippen LogP contribution in [0.1, 0.15) is 44.4 Å². The molecule has 0 saturated heterocycles. The lowest BCUT2D eigenvalue weighted by Gasteiger charge is -2.16. The van der Waals surface area contributed by atoms with Crippen LogP contribution >= 0.6 is 0 Å². The molecule has 0 aliphatic rings. The maximum atomic E-state index is 9.51. The molecule has 1 heterocycles. The second-order valence-electron chi connectivity index (χ2n) is 5.96. The minimum atomic E-state index is -3.67. The fourth-order valence-corrected chi connectivity index (χ4v) is 2.23. The molecule has 0 bridgehead atoms. The molecule has 7 nitrogen and oxygen atoms in total. The van der Waals surface area contributed by atoms with Gasteiger partial charge in [-0.05, 0) is 49.3 Å². The van der Waals surface area contributed by atoms with Gasteiger partial charge in [-0.25, -0.2) is 4.98 Å². The molecule has 0 radical (unpaired) electrons. The van der Waals surface area contributed by atoms with Crippen molar-refractivity contribution in [1.82, 2.24) is 4.98 Å². The number of pyridine rings is 1. The number of para-hydroxylation sites is 1. The zero-order valence-electron chi connectivity index (χ0n) is 20.6. The van der Waals surface area contributed by atoms with Crippen LogP contribution in [-0.2, 0) is 10.1 Å². The first-order chi connectivity index (χ1) is 15.6. The molecule has 0 unspecified atom stereocenters. The van der Waals surface area contributed by atoms with E-state index in [0.717, 1.165) is 22.5 Å². The first-order valence-corrected chi connectivity index (χ1v) is 12.3. The summed E-state index contributed by atoms with van der Waals surface area (Å²) < 4.78 is 25.9. The third kappa shape index (κ3) is 12.9. The summed E-state index contributed by atoms with van der Waals surface area (Å²) in [6.07, 6.45) is 5.90. The summed E-state index contributed by atoms with van der Waals surface area (Å²) in [6.45, 7) is 19.3. The lowest BCUT2D eigenvalue weighted by Crippen LogP contribution is -2.07. The molecular formula is C25H36N4O3S. The Morgan fingerprint density at radius 2 is 1.58 bits per heavy atom. The van der Waals surface area contributed by atoms with Gasteiger partial charge in [0.05, 0.1) is 11.8 Å². The number of hydrogen-bond acceptors (Lipinski definition) is 6. The lowest BCUT2D eigenvalue weighted by molar-refractivity contribution is 0.490. The number of nitrogens with zero attached hydrogens (tertiary/aromatic N) is 2. The van der Waals surface area contributed by atoms with E-state index in [9.17, 15) is 13.7 Å². The fraction of sp³-hybridized carbons (Fsp3) is 0.280. The Morgan fingerprint density at radius 1 is 1.06 bits per heavy atom. The average Bonchev–Trinajstić information content (AvgIpc) is 2.79. The zero-order valence-corrected chi connectivity index (χ0v) is 21.4. The molecule has 0 atom stereocenters. The SMILES string of the molecule is C=C/C=C(\C=C)Nc1nc(Nc2ccccc2)c(C#N)c(C)c1C.CC.CC.CS(=O)(=O)O. The van der Waals surface area contributed by atoms with E-state index < -0.39 is 10.1 Å². The summed E-state index contributed by atoms with van der Waals surface area (Å²) in [5.41, 5.74) is 4.00. The quantitative estimate of drug-likeness (QED) is 0.323. The van der Waals surface area contributed by atoms with E-state index in [1.54, 1.807) is 12.2 Å². The first kappa shape index (κ1) is 31.8. The lowest BCUT2D eigenvalue weighted by atomic mass is 10.1. The van der Waals surface area contributed by atoms with Crippen LogP contribution in [0.2, 0.25) is 0 Å². The largest absolute Gasteiger partial charge is 0.340 e. The van der Waals surface area contributed by atoms with E-state index in [-0.39, 0.29) is 0 Å². The third-order valence-electron chi connectivity index (χ3n) is 3.68. The summed E-state index contributed by atoms with van der Waals surface area (Å²) in [6, 6.07) is 11.9. The van der Waals surface area contributed by atoms with Crippen LogP contribution in [0, 0.1) is 25.2 Å². The van der Waals surface area contributed by atoms with Crippen LogP contribution in [0.25, 0.3) is 0 Å². The standard InChI is InChI=1S/C20H20N4.2C2H6.CH4O3S/c1-5-10-16(6-2)22-19-15(4)14(3)18(13-21)20(24-19)23-17-11-8-7-9-12-17;2*1-2;1-5(2,3)4/h5-12H,1-2H2,3-4H3,(H2,22,23,24);2*1-2H3;1H3,(H,2,3,4)/b16-10+;;;. The van der Waals surface area contributed by atoms with Crippen LogP contribution in [0.15, 0.2) is 67.4 Å². The number of nitriles is 1. The Labute approximate surface area is 199 Å². The summed E-state index contributed by atoms with van der Waals surface area (Å²) in [7, 11) is -3.67. The normalized spacial score (nSPS) is 9.85. The van der Waals surface area contributed by atoms with Crippen molar-refractivity contribution >= 4 is 27.4 Å². The Balaban J connectivity index is 0. The van der Waals surface area contributed by atoms with Crippen LogP contribution in [-0.4, -0.2) is 24.2 Å². The number of anilines is 3. The van der Waals surface area contributed by atoms with Gasteiger partial charge in [0, 0.05) is 11.4 Å². The molecule has 33 heavy (non-hydrogen) atoms. The highest BCUT2D eigenvalue weighted by molar-refractivity contribution is 7.85. The second kappa shape index (κ2) is 17.2. The van der Waals surface area contributed by atoms with Gasteiger partial charge in [0.25, 0.3) is 10.1 Å². The molecule has 0 saturated carbocycles. The Kier molecular flexibility index (Phi) is 16.5. The maximum Gasteiger partial charge on any atom is 0.261 e. The van der Waals surface area contributed by atoms with Gasteiger partial charge in [-0.2, -0.15) is 13.7 Å². The Hall–Kier alpha value is -3.41. The summed E-state index contributed by atoms with van der Waals surface area (Å²) >= 11 is 0. The van der Waals surface area contributed by atoms with Gasteiger partial charge in [-0.15, -0.1) is 0 Å². The Bertz CT molecular complexity index is 1050. The van der Waals surface area contributed by atoms with E-state index in [1.807, 2.05) is 78.0 Å². The molecule has 8 heteroatoms. The molecule has 0 aliphatic heterocycles.